The molecule has 0 aliphatic carbocycles. The first kappa shape index (κ1) is 44.9. The van der Waals surface area contributed by atoms with E-state index in [0.29, 0.717) is 11.7 Å². The molecule has 46 heavy (non-hydrogen) atoms. The van der Waals surface area contributed by atoms with Crippen molar-refractivity contribution in [3.05, 3.63) is 36.0 Å². The Morgan fingerprint density at radius 2 is 0.761 bits per heavy atom. The van der Waals surface area contributed by atoms with Crippen LogP contribution >= 0.6 is 0 Å². The van der Waals surface area contributed by atoms with E-state index in [4.69, 9.17) is 0 Å². The molecule has 0 unspecified atom stereocenters. The molecule has 0 fully saturated rings. The fourth-order valence-corrected chi connectivity index (χ4v) is 6.62. The Labute approximate surface area is 291 Å². The number of ketones is 1. The van der Waals surface area contributed by atoms with E-state index in [1.807, 2.05) is 6.08 Å². The maximum Gasteiger partial charge on any atom is 0.155 e. The highest BCUT2D eigenvalue weighted by atomic mass is 16.1. The molecule has 1 atom stereocenters. The normalized spacial score (nSPS) is 13.0. The highest BCUT2D eigenvalue weighted by Gasteiger charge is 2.07. The Morgan fingerprint density at radius 1 is 0.435 bits per heavy atom. The molecule has 0 bridgehead atoms. The molecule has 0 radical (unpaired) electrons. The Morgan fingerprint density at radius 3 is 1.13 bits per heavy atom. The van der Waals surface area contributed by atoms with Gasteiger partial charge in [-0.2, -0.15) is 0 Å². The summed E-state index contributed by atoms with van der Waals surface area (Å²) in [6.45, 7) is 9.04. The van der Waals surface area contributed by atoms with Gasteiger partial charge < -0.3 is 0 Å². The summed E-state index contributed by atoms with van der Waals surface area (Å²) in [6.07, 6.45) is 55.5. The number of carbonyl (C=O) groups is 1. The Hall–Kier alpha value is -1.11. The summed E-state index contributed by atoms with van der Waals surface area (Å²) in [6, 6.07) is 0. The van der Waals surface area contributed by atoms with Gasteiger partial charge in [-0.3, -0.25) is 4.79 Å². The third-order valence-corrected chi connectivity index (χ3v) is 9.92. The van der Waals surface area contributed by atoms with Crippen LogP contribution in [0.25, 0.3) is 0 Å². The number of carbonyl (C=O) groups excluding carboxylic acids is 1. The van der Waals surface area contributed by atoms with E-state index in [1.165, 1.54) is 198 Å². The van der Waals surface area contributed by atoms with Crippen LogP contribution in [0.15, 0.2) is 36.0 Å². The molecule has 270 valence electrons. The summed E-state index contributed by atoms with van der Waals surface area (Å²) >= 11 is 0. The van der Waals surface area contributed by atoms with Gasteiger partial charge in [0.25, 0.3) is 0 Å². The monoisotopic (exact) mass is 641 g/mol. The zero-order valence-corrected chi connectivity index (χ0v) is 32.2. The number of allylic oxidation sites excluding steroid dienone is 6. The molecule has 0 aliphatic rings. The van der Waals surface area contributed by atoms with Gasteiger partial charge in [-0.1, -0.05) is 212 Å². The highest BCUT2D eigenvalue weighted by molar-refractivity contribution is 5.90. The third kappa shape index (κ3) is 34.2. The van der Waals surface area contributed by atoms with Gasteiger partial charge in [0.05, 0.1) is 0 Å². The summed E-state index contributed by atoms with van der Waals surface area (Å²) in [5.74, 6) is 0.731. The molecule has 0 aromatic heterocycles. The van der Waals surface area contributed by atoms with Crippen molar-refractivity contribution in [1.82, 2.24) is 0 Å². The molecule has 0 rings (SSSR count). The summed E-state index contributed by atoms with van der Waals surface area (Å²) in [4.78, 5) is 12.6. The van der Waals surface area contributed by atoms with Crippen LogP contribution in [-0.2, 0) is 4.79 Å². The number of rotatable bonds is 37. The van der Waals surface area contributed by atoms with E-state index in [0.717, 1.165) is 19.3 Å². The van der Waals surface area contributed by atoms with Gasteiger partial charge >= 0.3 is 0 Å². The van der Waals surface area contributed by atoms with E-state index in [9.17, 15) is 4.79 Å². The second kappa shape index (κ2) is 38.3. The molecule has 1 nitrogen and oxygen atoms in total. The summed E-state index contributed by atoms with van der Waals surface area (Å²) in [5.41, 5.74) is 1.31. The van der Waals surface area contributed by atoms with Crippen LogP contribution < -0.4 is 0 Å². The standard InChI is InChI=1S/C45H84O/c1-5-8-10-12-14-16-18-20-21-22-23-24-25-26-27-29-31-33-35-37-39-41-45(46)42-44(7-3)43(4)40-38-36-34-32-30-28-19-17-15-13-11-9-6-2/h20-21,38,40,42-43H,5-19,22-37,39,41H2,1-4H3/b21-20-,40-38+,44-42+/t43-/m1/s1. The average Bonchev–Trinajstić information content (AvgIpc) is 3.06. The first-order valence-corrected chi connectivity index (χ1v) is 21.2. The zero-order chi connectivity index (χ0) is 33.6. The van der Waals surface area contributed by atoms with Crippen molar-refractivity contribution in [1.29, 1.82) is 0 Å². The van der Waals surface area contributed by atoms with E-state index in [-0.39, 0.29) is 0 Å². The molecule has 0 spiro atoms. The minimum absolute atomic E-state index is 0.343. The number of hydrogen-bond donors (Lipinski definition) is 0. The maximum absolute atomic E-state index is 12.6. The molecule has 0 saturated carbocycles. The predicted molar refractivity (Wildman–Crippen MR) is 210 cm³/mol. The van der Waals surface area contributed by atoms with Crippen molar-refractivity contribution >= 4 is 5.78 Å². The molecule has 0 amide bonds. The minimum Gasteiger partial charge on any atom is -0.295 e. The van der Waals surface area contributed by atoms with Crippen molar-refractivity contribution in [2.24, 2.45) is 5.92 Å². The van der Waals surface area contributed by atoms with Crippen LogP contribution in [-0.4, -0.2) is 5.78 Å². The Balaban J connectivity index is 3.62. The number of unbranched alkanes of at least 4 members (excludes halogenated alkanes) is 28. The summed E-state index contributed by atoms with van der Waals surface area (Å²) < 4.78 is 0. The van der Waals surface area contributed by atoms with Crippen LogP contribution in [0, 0.1) is 5.92 Å². The molecule has 0 aromatic rings. The lowest BCUT2D eigenvalue weighted by atomic mass is 9.95. The lowest BCUT2D eigenvalue weighted by Gasteiger charge is -2.10. The molecule has 0 aromatic carbocycles. The Kier molecular flexibility index (Phi) is 37.4. The van der Waals surface area contributed by atoms with Gasteiger partial charge in [0.1, 0.15) is 0 Å². The predicted octanol–water partition coefficient (Wildman–Crippen LogP) is 16.2. The minimum atomic E-state index is 0.343. The summed E-state index contributed by atoms with van der Waals surface area (Å²) in [7, 11) is 0. The third-order valence-electron chi connectivity index (χ3n) is 9.92. The van der Waals surface area contributed by atoms with Crippen LogP contribution in [0.5, 0.6) is 0 Å². The molecule has 0 N–H and O–H groups in total. The lowest BCUT2D eigenvalue weighted by molar-refractivity contribution is -0.114. The maximum atomic E-state index is 12.6. The van der Waals surface area contributed by atoms with Crippen molar-refractivity contribution in [2.45, 2.75) is 240 Å². The van der Waals surface area contributed by atoms with Crippen molar-refractivity contribution in [3.8, 4) is 0 Å². The van der Waals surface area contributed by atoms with Gasteiger partial charge in [-0.05, 0) is 63.4 Å². The first-order valence-electron chi connectivity index (χ1n) is 21.2. The highest BCUT2D eigenvalue weighted by Crippen LogP contribution is 2.19. The molecule has 0 aliphatic heterocycles. The molecular weight excluding hydrogens is 556 g/mol. The van der Waals surface area contributed by atoms with Crippen LogP contribution in [0.1, 0.15) is 240 Å². The van der Waals surface area contributed by atoms with E-state index >= 15 is 0 Å². The second-order valence-corrected chi connectivity index (χ2v) is 14.5. The van der Waals surface area contributed by atoms with Gasteiger partial charge in [0.15, 0.2) is 5.78 Å². The largest absolute Gasteiger partial charge is 0.295 e. The first-order chi connectivity index (χ1) is 22.7. The van der Waals surface area contributed by atoms with Crippen molar-refractivity contribution in [2.75, 3.05) is 0 Å². The molecule has 0 saturated heterocycles. The van der Waals surface area contributed by atoms with Gasteiger partial charge in [-0.25, -0.2) is 0 Å². The van der Waals surface area contributed by atoms with E-state index < -0.39 is 0 Å². The molecule has 1 heteroatoms. The van der Waals surface area contributed by atoms with Gasteiger partial charge in [0.2, 0.25) is 0 Å². The zero-order valence-electron chi connectivity index (χ0n) is 32.2. The quantitative estimate of drug-likeness (QED) is 0.0375. The summed E-state index contributed by atoms with van der Waals surface area (Å²) in [5, 5.41) is 0. The van der Waals surface area contributed by atoms with Crippen molar-refractivity contribution in [3.63, 3.8) is 0 Å². The fraction of sp³-hybridized carbons (Fsp3) is 0.844. The van der Waals surface area contributed by atoms with E-state index in [2.05, 4.69) is 52.0 Å². The van der Waals surface area contributed by atoms with Crippen LogP contribution in [0.4, 0.5) is 0 Å². The average molecular weight is 641 g/mol. The fourth-order valence-electron chi connectivity index (χ4n) is 6.62. The van der Waals surface area contributed by atoms with Crippen LogP contribution in [0.3, 0.4) is 0 Å². The van der Waals surface area contributed by atoms with Crippen LogP contribution in [0.2, 0.25) is 0 Å². The van der Waals surface area contributed by atoms with Crippen molar-refractivity contribution < 1.29 is 4.79 Å². The lowest BCUT2D eigenvalue weighted by Crippen LogP contribution is -2.01. The molecule has 0 heterocycles. The van der Waals surface area contributed by atoms with Gasteiger partial charge in [-0.15, -0.1) is 0 Å². The topological polar surface area (TPSA) is 17.1 Å². The second-order valence-electron chi connectivity index (χ2n) is 14.5. The number of hydrogen-bond acceptors (Lipinski definition) is 1. The SMILES string of the molecule is CCCCCCCC/C=C\CCCCCCCCCCCCCC(=O)/C=C(\CC)[C@H](C)/C=C/CCCCCCCCCCCCC. The van der Waals surface area contributed by atoms with E-state index in [1.54, 1.807) is 0 Å². The Bertz CT molecular complexity index is 698. The molecular formula is C45H84O. The smallest absolute Gasteiger partial charge is 0.155 e. The van der Waals surface area contributed by atoms with Gasteiger partial charge in [0, 0.05) is 6.42 Å².